The van der Waals surface area contributed by atoms with Crippen molar-refractivity contribution in [3.05, 3.63) is 29.3 Å². The second kappa shape index (κ2) is 4.93. The molecule has 3 rings (SSSR count). The lowest BCUT2D eigenvalue weighted by atomic mass is 9.57. The first-order chi connectivity index (χ1) is 10.6. The van der Waals surface area contributed by atoms with Crippen LogP contribution in [0.3, 0.4) is 0 Å². The maximum atomic E-state index is 10.3. The predicted molar refractivity (Wildman–Crippen MR) is 84.6 cm³/mol. The number of aromatic hydroxyl groups is 1. The van der Waals surface area contributed by atoms with Gasteiger partial charge in [-0.05, 0) is 6.07 Å². The van der Waals surface area contributed by atoms with Gasteiger partial charge >= 0.3 is 0 Å². The minimum Gasteiger partial charge on any atom is -0.508 e. The maximum absolute atomic E-state index is 10.3. The lowest BCUT2D eigenvalue weighted by Gasteiger charge is -2.61. The van der Waals surface area contributed by atoms with Crippen molar-refractivity contribution in [3.63, 3.8) is 0 Å². The number of hydrogen-bond acceptors (Lipinski definition) is 5. The average Bonchev–Trinajstić information content (AvgIpc) is 2.55. The zero-order valence-electron chi connectivity index (χ0n) is 14.7. The number of phenolic OH excluding ortho intramolecular Hbond substituents is 1. The van der Waals surface area contributed by atoms with E-state index in [2.05, 4.69) is 34.6 Å². The number of methoxy groups -OCH3 is 1. The summed E-state index contributed by atoms with van der Waals surface area (Å²) in [7, 11) is 1.60. The van der Waals surface area contributed by atoms with Gasteiger partial charge in [-0.1, -0.05) is 46.8 Å². The molecular weight excluding hydrogens is 296 g/mol. The maximum Gasteiger partial charge on any atom is 0.261 e. The van der Waals surface area contributed by atoms with E-state index in [0.717, 1.165) is 11.1 Å². The second-order valence-corrected chi connectivity index (χ2v) is 8.16. The van der Waals surface area contributed by atoms with Gasteiger partial charge in [0.05, 0.1) is 13.2 Å². The molecule has 1 N–H and O–H groups in total. The Kier molecular flexibility index (Phi) is 3.58. The largest absolute Gasteiger partial charge is 0.508 e. The van der Waals surface area contributed by atoms with Crippen LogP contribution in [-0.2, 0) is 31.6 Å². The van der Waals surface area contributed by atoms with E-state index in [4.69, 9.17) is 19.2 Å². The number of fused-ring (bicyclic) bond motifs is 1. The monoisotopic (exact) mass is 322 g/mol. The average molecular weight is 322 g/mol. The minimum absolute atomic E-state index is 0.172. The summed E-state index contributed by atoms with van der Waals surface area (Å²) in [5.41, 5.74) is 0.409. The van der Waals surface area contributed by atoms with Gasteiger partial charge in [-0.3, -0.25) is 0 Å². The third kappa shape index (κ3) is 1.94. The Morgan fingerprint density at radius 1 is 1.22 bits per heavy atom. The van der Waals surface area contributed by atoms with Gasteiger partial charge in [-0.2, -0.15) is 4.89 Å². The zero-order valence-corrected chi connectivity index (χ0v) is 14.7. The van der Waals surface area contributed by atoms with E-state index in [1.54, 1.807) is 13.2 Å². The Hall–Kier alpha value is -1.14. The first kappa shape index (κ1) is 16.7. The summed E-state index contributed by atoms with van der Waals surface area (Å²) < 4.78 is 11.2. The van der Waals surface area contributed by atoms with E-state index in [9.17, 15) is 5.11 Å². The number of benzene rings is 1. The summed E-state index contributed by atoms with van der Waals surface area (Å²) in [6.07, 6.45) is 0. The van der Waals surface area contributed by atoms with Crippen LogP contribution >= 0.6 is 0 Å². The van der Waals surface area contributed by atoms with Crippen molar-refractivity contribution in [1.82, 2.24) is 0 Å². The molecule has 128 valence electrons. The van der Waals surface area contributed by atoms with Crippen LogP contribution in [-0.4, -0.2) is 24.4 Å². The third-order valence-electron chi connectivity index (χ3n) is 5.16. The lowest BCUT2D eigenvalue weighted by Crippen LogP contribution is -2.73. The van der Waals surface area contributed by atoms with Crippen molar-refractivity contribution in [1.29, 1.82) is 0 Å². The minimum atomic E-state index is -1.00. The van der Waals surface area contributed by atoms with Gasteiger partial charge in [-0.15, -0.1) is 0 Å². The first-order valence-corrected chi connectivity index (χ1v) is 7.93. The van der Waals surface area contributed by atoms with Crippen LogP contribution in [0.2, 0.25) is 0 Å². The molecule has 0 bridgehead atoms. The van der Waals surface area contributed by atoms with Gasteiger partial charge < -0.3 is 14.6 Å². The first-order valence-electron chi connectivity index (χ1n) is 7.93. The lowest BCUT2D eigenvalue weighted by molar-refractivity contribution is -0.626. The van der Waals surface area contributed by atoms with Crippen LogP contribution in [0.15, 0.2) is 18.2 Å². The smallest absolute Gasteiger partial charge is 0.261 e. The van der Waals surface area contributed by atoms with E-state index in [-0.39, 0.29) is 16.6 Å². The highest BCUT2D eigenvalue weighted by Crippen LogP contribution is 2.69. The quantitative estimate of drug-likeness (QED) is 0.863. The molecule has 2 saturated heterocycles. The van der Waals surface area contributed by atoms with Crippen molar-refractivity contribution < 1.29 is 24.4 Å². The Balaban J connectivity index is 2.10. The Morgan fingerprint density at radius 2 is 1.91 bits per heavy atom. The topological polar surface area (TPSA) is 57.2 Å². The summed E-state index contributed by atoms with van der Waals surface area (Å²) in [5, 5.41) is 10.3. The van der Waals surface area contributed by atoms with Crippen LogP contribution in [0, 0.1) is 10.8 Å². The number of ether oxygens (including phenoxy) is 2. The highest BCUT2D eigenvalue weighted by Gasteiger charge is 2.81. The summed E-state index contributed by atoms with van der Waals surface area (Å²) >= 11 is 0. The van der Waals surface area contributed by atoms with Crippen LogP contribution in [0.1, 0.15) is 45.7 Å². The summed E-state index contributed by atoms with van der Waals surface area (Å²) in [4.78, 5) is 11.4. The van der Waals surface area contributed by atoms with Gasteiger partial charge in [-0.25, -0.2) is 4.89 Å². The summed E-state index contributed by atoms with van der Waals surface area (Å²) in [6, 6.07) is 5.45. The molecule has 0 radical (unpaired) electrons. The molecule has 0 amide bonds. The molecule has 5 nitrogen and oxygen atoms in total. The standard InChI is InChI=1S/C18H26O5/c1-15(2,3)18-16(4,5)11-21-17(18,22-23-18)13-8-7-12(10-20-6)14(19)9-13/h7-9,19H,10-11H2,1-6H3. The summed E-state index contributed by atoms with van der Waals surface area (Å²) in [5.74, 6) is -0.831. The molecule has 23 heavy (non-hydrogen) atoms. The molecule has 1 aromatic carbocycles. The predicted octanol–water partition coefficient (Wildman–Crippen LogP) is 3.49. The van der Waals surface area contributed by atoms with E-state index in [0.29, 0.717) is 13.2 Å². The van der Waals surface area contributed by atoms with E-state index in [1.807, 2.05) is 12.1 Å². The fourth-order valence-electron chi connectivity index (χ4n) is 4.28. The molecule has 5 heteroatoms. The van der Waals surface area contributed by atoms with Gasteiger partial charge in [0.2, 0.25) is 0 Å². The van der Waals surface area contributed by atoms with E-state index >= 15 is 0 Å². The van der Waals surface area contributed by atoms with E-state index < -0.39 is 11.4 Å². The van der Waals surface area contributed by atoms with Crippen molar-refractivity contribution in [2.45, 2.75) is 52.6 Å². The molecule has 2 fully saturated rings. The van der Waals surface area contributed by atoms with E-state index in [1.165, 1.54) is 0 Å². The Bertz CT molecular complexity index is 618. The molecule has 2 unspecified atom stereocenters. The normalized spacial score (nSPS) is 32.4. The third-order valence-corrected chi connectivity index (χ3v) is 5.16. The Morgan fingerprint density at radius 3 is 2.39 bits per heavy atom. The van der Waals surface area contributed by atoms with Crippen molar-refractivity contribution in [2.24, 2.45) is 10.8 Å². The van der Waals surface area contributed by atoms with Gasteiger partial charge in [0.25, 0.3) is 5.79 Å². The van der Waals surface area contributed by atoms with Crippen molar-refractivity contribution >= 4 is 0 Å². The molecule has 2 aliphatic heterocycles. The van der Waals surface area contributed by atoms with Crippen LogP contribution in [0.5, 0.6) is 5.75 Å². The Labute approximate surface area is 137 Å². The molecule has 1 aromatic rings. The molecule has 0 spiro atoms. The van der Waals surface area contributed by atoms with Crippen molar-refractivity contribution in [3.8, 4) is 5.75 Å². The van der Waals surface area contributed by atoms with Gasteiger partial charge in [0, 0.05) is 29.1 Å². The zero-order chi connectivity index (χ0) is 17.1. The molecule has 2 aliphatic rings. The number of hydrogen-bond donors (Lipinski definition) is 1. The molecule has 2 atom stereocenters. The molecular formula is C18H26O5. The molecule has 0 saturated carbocycles. The highest BCUT2D eigenvalue weighted by molar-refractivity contribution is 5.41. The molecule has 0 aliphatic carbocycles. The molecule has 0 aromatic heterocycles. The number of phenols is 1. The fourth-order valence-corrected chi connectivity index (χ4v) is 4.28. The fraction of sp³-hybridized carbons (Fsp3) is 0.667. The van der Waals surface area contributed by atoms with Crippen LogP contribution in [0.4, 0.5) is 0 Å². The van der Waals surface area contributed by atoms with Crippen molar-refractivity contribution in [2.75, 3.05) is 13.7 Å². The number of rotatable bonds is 3. The summed E-state index contributed by atoms with van der Waals surface area (Å²) in [6.45, 7) is 11.5. The van der Waals surface area contributed by atoms with Gasteiger partial charge in [0.15, 0.2) is 5.60 Å². The SMILES string of the molecule is COCc1ccc(C23OCC(C)(C)C2(C(C)(C)C)OO3)cc1O. The molecule has 2 heterocycles. The van der Waals surface area contributed by atoms with Crippen LogP contribution < -0.4 is 0 Å². The van der Waals surface area contributed by atoms with Crippen LogP contribution in [0.25, 0.3) is 0 Å². The highest BCUT2D eigenvalue weighted by atomic mass is 17.3. The second-order valence-electron chi connectivity index (χ2n) is 8.16. The van der Waals surface area contributed by atoms with Gasteiger partial charge in [0.1, 0.15) is 5.75 Å².